The lowest BCUT2D eigenvalue weighted by Crippen LogP contribution is -2.24. The van der Waals surface area contributed by atoms with Gasteiger partial charge in [-0.05, 0) is 43.0 Å². The van der Waals surface area contributed by atoms with Gasteiger partial charge in [0.1, 0.15) is 5.75 Å². The van der Waals surface area contributed by atoms with Crippen molar-refractivity contribution in [2.24, 2.45) is 5.92 Å². The largest absolute Gasteiger partial charge is 0.435 e. The third kappa shape index (κ3) is 5.87. The van der Waals surface area contributed by atoms with Gasteiger partial charge >= 0.3 is 6.61 Å². The smallest absolute Gasteiger partial charge is 0.387 e. The molecule has 0 aliphatic rings. The Hall–Kier alpha value is -1.16. The number of ether oxygens (including phenoxy) is 1. The number of benzene rings is 1. The van der Waals surface area contributed by atoms with Gasteiger partial charge < -0.3 is 10.1 Å². The number of nitrogens with one attached hydrogen (secondary N) is 1. The van der Waals surface area contributed by atoms with Crippen LogP contribution in [0.5, 0.6) is 5.75 Å². The SMILES string of the molecule is CCCNC(CC(C)CC)c1cccc(OC(F)F)c1. The quantitative estimate of drug-likeness (QED) is 0.706. The number of hydrogen-bond acceptors (Lipinski definition) is 2. The number of rotatable bonds is 9. The van der Waals surface area contributed by atoms with Crippen LogP contribution in [-0.4, -0.2) is 13.2 Å². The molecule has 0 aliphatic heterocycles. The van der Waals surface area contributed by atoms with E-state index in [1.165, 1.54) is 0 Å². The van der Waals surface area contributed by atoms with E-state index in [2.05, 4.69) is 30.8 Å². The Balaban J connectivity index is 2.82. The van der Waals surface area contributed by atoms with Crippen LogP contribution in [0.4, 0.5) is 8.78 Å². The van der Waals surface area contributed by atoms with E-state index in [9.17, 15) is 8.78 Å². The van der Waals surface area contributed by atoms with Crippen molar-refractivity contribution >= 4 is 0 Å². The highest BCUT2D eigenvalue weighted by atomic mass is 19.3. The van der Waals surface area contributed by atoms with Crippen molar-refractivity contribution in [1.82, 2.24) is 5.32 Å². The van der Waals surface area contributed by atoms with Gasteiger partial charge in [0.2, 0.25) is 0 Å². The molecule has 0 saturated heterocycles. The standard InChI is InChI=1S/C16H25F2NO/c1-4-9-19-15(10-12(3)5-2)13-7-6-8-14(11-13)20-16(17)18/h6-8,11-12,15-16,19H,4-5,9-10H2,1-3H3. The number of hydrogen-bond donors (Lipinski definition) is 1. The van der Waals surface area contributed by atoms with Crippen LogP contribution in [0.1, 0.15) is 51.6 Å². The van der Waals surface area contributed by atoms with Gasteiger partial charge in [-0.3, -0.25) is 0 Å². The Kier molecular flexibility index (Phi) is 7.52. The lowest BCUT2D eigenvalue weighted by molar-refractivity contribution is -0.0499. The molecule has 2 unspecified atom stereocenters. The lowest BCUT2D eigenvalue weighted by Gasteiger charge is -2.22. The summed E-state index contributed by atoms with van der Waals surface area (Å²) in [6, 6.07) is 7.20. The number of halogens is 2. The fourth-order valence-electron chi connectivity index (χ4n) is 2.13. The van der Waals surface area contributed by atoms with Gasteiger partial charge in [0, 0.05) is 6.04 Å². The van der Waals surface area contributed by atoms with Crippen molar-refractivity contribution in [2.45, 2.75) is 52.7 Å². The van der Waals surface area contributed by atoms with E-state index >= 15 is 0 Å². The Morgan fingerprint density at radius 3 is 2.60 bits per heavy atom. The molecule has 0 bridgehead atoms. The molecular weight excluding hydrogens is 260 g/mol. The molecular formula is C16H25F2NO. The fraction of sp³-hybridized carbons (Fsp3) is 0.625. The highest BCUT2D eigenvalue weighted by molar-refractivity contribution is 5.30. The highest BCUT2D eigenvalue weighted by Crippen LogP contribution is 2.26. The predicted molar refractivity (Wildman–Crippen MR) is 78.2 cm³/mol. The van der Waals surface area contributed by atoms with Crippen LogP contribution in [0.2, 0.25) is 0 Å². The molecule has 0 heterocycles. The summed E-state index contributed by atoms with van der Waals surface area (Å²) >= 11 is 0. The summed E-state index contributed by atoms with van der Waals surface area (Å²) < 4.78 is 29.0. The first-order chi connectivity index (χ1) is 9.56. The van der Waals surface area contributed by atoms with Gasteiger partial charge in [0.05, 0.1) is 0 Å². The third-order valence-electron chi connectivity index (χ3n) is 3.46. The van der Waals surface area contributed by atoms with Crippen LogP contribution in [0.25, 0.3) is 0 Å². The molecule has 0 aliphatic carbocycles. The highest BCUT2D eigenvalue weighted by Gasteiger charge is 2.15. The Morgan fingerprint density at radius 2 is 2.00 bits per heavy atom. The second kappa shape index (κ2) is 8.90. The van der Waals surface area contributed by atoms with E-state index in [1.807, 2.05) is 6.07 Å². The molecule has 2 atom stereocenters. The third-order valence-corrected chi connectivity index (χ3v) is 3.46. The van der Waals surface area contributed by atoms with Gasteiger partial charge in [-0.2, -0.15) is 8.78 Å². The topological polar surface area (TPSA) is 21.3 Å². The summed E-state index contributed by atoms with van der Waals surface area (Å²) in [6.07, 6.45) is 3.15. The van der Waals surface area contributed by atoms with E-state index in [1.54, 1.807) is 18.2 Å². The maximum Gasteiger partial charge on any atom is 0.387 e. The normalized spacial score (nSPS) is 14.3. The van der Waals surface area contributed by atoms with Gasteiger partial charge in [-0.25, -0.2) is 0 Å². The second-order valence-electron chi connectivity index (χ2n) is 5.21. The van der Waals surface area contributed by atoms with Gasteiger partial charge in [-0.15, -0.1) is 0 Å². The summed E-state index contributed by atoms with van der Waals surface area (Å²) in [5.74, 6) is 0.814. The van der Waals surface area contributed by atoms with E-state index in [4.69, 9.17) is 0 Å². The zero-order valence-corrected chi connectivity index (χ0v) is 12.5. The van der Waals surface area contributed by atoms with Gasteiger partial charge in [0.15, 0.2) is 0 Å². The molecule has 1 N–H and O–H groups in total. The summed E-state index contributed by atoms with van der Waals surface area (Å²) in [7, 11) is 0. The predicted octanol–water partition coefficient (Wildman–Crippen LogP) is 4.76. The first-order valence-electron chi connectivity index (χ1n) is 7.34. The van der Waals surface area contributed by atoms with Crippen LogP contribution in [0.15, 0.2) is 24.3 Å². The summed E-state index contributed by atoms with van der Waals surface area (Å²) in [5.41, 5.74) is 1.01. The van der Waals surface area contributed by atoms with Crippen LogP contribution < -0.4 is 10.1 Å². The van der Waals surface area contributed by atoms with Gasteiger partial charge in [0.25, 0.3) is 0 Å². The zero-order valence-electron chi connectivity index (χ0n) is 12.5. The Morgan fingerprint density at radius 1 is 1.25 bits per heavy atom. The molecule has 114 valence electrons. The summed E-state index contributed by atoms with van der Waals surface area (Å²) in [5, 5.41) is 3.49. The van der Waals surface area contributed by atoms with E-state index in [0.717, 1.165) is 31.4 Å². The molecule has 0 aromatic heterocycles. The van der Waals surface area contributed by atoms with Crippen LogP contribution >= 0.6 is 0 Å². The maximum atomic E-state index is 12.3. The monoisotopic (exact) mass is 285 g/mol. The average molecular weight is 285 g/mol. The van der Waals surface area contributed by atoms with Crippen LogP contribution in [0, 0.1) is 5.92 Å². The first-order valence-corrected chi connectivity index (χ1v) is 7.34. The molecule has 0 radical (unpaired) electrons. The second-order valence-corrected chi connectivity index (χ2v) is 5.21. The minimum atomic E-state index is -2.78. The van der Waals surface area contributed by atoms with Crippen molar-refractivity contribution in [3.63, 3.8) is 0 Å². The van der Waals surface area contributed by atoms with Gasteiger partial charge in [-0.1, -0.05) is 39.3 Å². The Labute approximate surface area is 120 Å². The molecule has 1 aromatic rings. The summed E-state index contributed by atoms with van der Waals surface area (Å²) in [6.45, 7) is 4.63. The molecule has 4 heteroatoms. The fourth-order valence-corrected chi connectivity index (χ4v) is 2.13. The molecule has 1 aromatic carbocycles. The molecule has 0 spiro atoms. The van der Waals surface area contributed by atoms with Crippen molar-refractivity contribution < 1.29 is 13.5 Å². The first kappa shape index (κ1) is 16.9. The van der Waals surface area contributed by atoms with Crippen molar-refractivity contribution in [1.29, 1.82) is 0 Å². The molecule has 0 saturated carbocycles. The minimum absolute atomic E-state index is 0.186. The molecule has 2 nitrogen and oxygen atoms in total. The van der Waals surface area contributed by atoms with E-state index < -0.39 is 6.61 Å². The Bertz CT molecular complexity index is 384. The van der Waals surface area contributed by atoms with Crippen molar-refractivity contribution in [3.8, 4) is 5.75 Å². The molecule has 20 heavy (non-hydrogen) atoms. The van der Waals surface area contributed by atoms with Crippen molar-refractivity contribution in [3.05, 3.63) is 29.8 Å². The number of alkyl halides is 2. The zero-order chi connectivity index (χ0) is 15.0. The molecule has 0 amide bonds. The minimum Gasteiger partial charge on any atom is -0.435 e. The van der Waals surface area contributed by atoms with Crippen LogP contribution in [0.3, 0.4) is 0 Å². The molecule has 1 rings (SSSR count). The van der Waals surface area contributed by atoms with Crippen molar-refractivity contribution in [2.75, 3.05) is 6.54 Å². The van der Waals surface area contributed by atoms with E-state index in [0.29, 0.717) is 5.92 Å². The summed E-state index contributed by atoms with van der Waals surface area (Å²) in [4.78, 5) is 0. The van der Waals surface area contributed by atoms with E-state index in [-0.39, 0.29) is 11.8 Å². The lowest BCUT2D eigenvalue weighted by atomic mass is 9.94. The average Bonchev–Trinajstić information content (AvgIpc) is 2.42. The molecule has 0 fully saturated rings. The maximum absolute atomic E-state index is 12.3. The van der Waals surface area contributed by atoms with Crippen LogP contribution in [-0.2, 0) is 0 Å².